The zero-order valence-electron chi connectivity index (χ0n) is 11.4. The van der Waals surface area contributed by atoms with Crippen LogP contribution in [0, 0.1) is 6.92 Å². The van der Waals surface area contributed by atoms with E-state index in [2.05, 4.69) is 5.32 Å². The standard InChI is InChI=1S/C14H19NO4/c1-9-6-10(17-2)4-5-11(9)14(16)15-12-7-19-8-13(12)18-3/h4-6,12-13H,7-8H2,1-3H3,(H,15,16)/t12-,13-/m0/s1. The number of hydrogen-bond donors (Lipinski definition) is 1. The van der Waals surface area contributed by atoms with Gasteiger partial charge in [-0.15, -0.1) is 0 Å². The van der Waals surface area contributed by atoms with Gasteiger partial charge in [0, 0.05) is 12.7 Å². The molecular weight excluding hydrogens is 246 g/mol. The van der Waals surface area contributed by atoms with Crippen molar-refractivity contribution in [2.75, 3.05) is 27.4 Å². The quantitative estimate of drug-likeness (QED) is 0.887. The van der Waals surface area contributed by atoms with Crippen molar-refractivity contribution in [2.24, 2.45) is 0 Å². The van der Waals surface area contributed by atoms with Crippen molar-refractivity contribution in [1.82, 2.24) is 5.32 Å². The minimum Gasteiger partial charge on any atom is -0.497 e. The molecule has 0 aliphatic carbocycles. The van der Waals surface area contributed by atoms with Crippen LogP contribution < -0.4 is 10.1 Å². The van der Waals surface area contributed by atoms with Gasteiger partial charge in [-0.05, 0) is 30.7 Å². The number of aryl methyl sites for hydroxylation is 1. The number of methoxy groups -OCH3 is 2. The smallest absolute Gasteiger partial charge is 0.251 e. The first-order valence-electron chi connectivity index (χ1n) is 6.21. The molecule has 1 saturated heterocycles. The molecule has 0 bridgehead atoms. The number of rotatable bonds is 4. The van der Waals surface area contributed by atoms with Crippen LogP contribution in [0.25, 0.3) is 0 Å². The van der Waals surface area contributed by atoms with Gasteiger partial charge in [-0.3, -0.25) is 4.79 Å². The summed E-state index contributed by atoms with van der Waals surface area (Å²) in [5, 5.41) is 2.94. The summed E-state index contributed by atoms with van der Waals surface area (Å²) < 4.78 is 15.7. The fraction of sp³-hybridized carbons (Fsp3) is 0.500. The Morgan fingerprint density at radius 1 is 1.37 bits per heavy atom. The van der Waals surface area contributed by atoms with E-state index in [0.29, 0.717) is 18.8 Å². The van der Waals surface area contributed by atoms with Crippen LogP contribution >= 0.6 is 0 Å². The van der Waals surface area contributed by atoms with Crippen LogP contribution in [0.2, 0.25) is 0 Å². The van der Waals surface area contributed by atoms with Crippen molar-refractivity contribution >= 4 is 5.91 Å². The Morgan fingerprint density at radius 3 is 2.79 bits per heavy atom. The first-order valence-corrected chi connectivity index (χ1v) is 6.21. The number of carbonyl (C=O) groups is 1. The van der Waals surface area contributed by atoms with Gasteiger partial charge in [-0.2, -0.15) is 0 Å². The normalized spacial score (nSPS) is 22.3. The van der Waals surface area contributed by atoms with Crippen molar-refractivity contribution in [3.8, 4) is 5.75 Å². The summed E-state index contributed by atoms with van der Waals surface area (Å²) in [4.78, 5) is 12.2. The van der Waals surface area contributed by atoms with Crippen LogP contribution in [0.4, 0.5) is 0 Å². The highest BCUT2D eigenvalue weighted by atomic mass is 16.5. The fourth-order valence-corrected chi connectivity index (χ4v) is 2.17. The second-order valence-corrected chi connectivity index (χ2v) is 4.57. The molecule has 5 heteroatoms. The van der Waals surface area contributed by atoms with Gasteiger partial charge in [-0.25, -0.2) is 0 Å². The average Bonchev–Trinajstić information content (AvgIpc) is 2.85. The number of benzene rings is 1. The van der Waals surface area contributed by atoms with Gasteiger partial charge in [0.1, 0.15) is 11.9 Å². The molecule has 0 spiro atoms. The summed E-state index contributed by atoms with van der Waals surface area (Å²) in [6.45, 7) is 2.89. The Bertz CT molecular complexity index is 461. The Balaban J connectivity index is 2.07. The molecule has 0 saturated carbocycles. The summed E-state index contributed by atoms with van der Waals surface area (Å²) in [5.74, 6) is 0.630. The van der Waals surface area contributed by atoms with Crippen LogP contribution in [0.15, 0.2) is 18.2 Å². The summed E-state index contributed by atoms with van der Waals surface area (Å²) in [5.41, 5.74) is 1.52. The van der Waals surface area contributed by atoms with Crippen LogP contribution in [-0.4, -0.2) is 45.5 Å². The molecule has 5 nitrogen and oxygen atoms in total. The molecule has 1 aromatic rings. The van der Waals surface area contributed by atoms with Crippen molar-refractivity contribution in [3.05, 3.63) is 29.3 Å². The minimum atomic E-state index is -0.113. The molecule has 1 N–H and O–H groups in total. The van der Waals surface area contributed by atoms with Crippen LogP contribution in [0.5, 0.6) is 5.75 Å². The van der Waals surface area contributed by atoms with Crippen LogP contribution in [0.1, 0.15) is 15.9 Å². The lowest BCUT2D eigenvalue weighted by Crippen LogP contribution is -2.43. The predicted molar refractivity (Wildman–Crippen MR) is 70.6 cm³/mol. The van der Waals surface area contributed by atoms with Crippen LogP contribution in [0.3, 0.4) is 0 Å². The summed E-state index contributed by atoms with van der Waals surface area (Å²) in [6, 6.07) is 5.29. The molecule has 1 aliphatic heterocycles. The van der Waals surface area contributed by atoms with Gasteiger partial charge < -0.3 is 19.5 Å². The zero-order chi connectivity index (χ0) is 13.8. The predicted octanol–water partition coefficient (Wildman–Crippen LogP) is 1.15. The van der Waals surface area contributed by atoms with E-state index in [4.69, 9.17) is 14.2 Å². The lowest BCUT2D eigenvalue weighted by molar-refractivity contribution is 0.0685. The molecule has 104 valence electrons. The molecule has 1 fully saturated rings. The highest BCUT2D eigenvalue weighted by Crippen LogP contribution is 2.17. The van der Waals surface area contributed by atoms with Gasteiger partial charge in [-0.1, -0.05) is 0 Å². The lowest BCUT2D eigenvalue weighted by Gasteiger charge is -2.18. The molecule has 2 atom stereocenters. The van der Waals surface area contributed by atoms with E-state index < -0.39 is 0 Å². The third-order valence-corrected chi connectivity index (χ3v) is 3.33. The Hall–Kier alpha value is -1.59. The van der Waals surface area contributed by atoms with E-state index >= 15 is 0 Å². The van der Waals surface area contributed by atoms with E-state index in [1.807, 2.05) is 13.0 Å². The Kier molecular flexibility index (Phi) is 4.39. The van der Waals surface area contributed by atoms with E-state index in [9.17, 15) is 4.79 Å². The largest absolute Gasteiger partial charge is 0.497 e. The second-order valence-electron chi connectivity index (χ2n) is 4.57. The molecule has 0 aromatic heterocycles. The van der Waals surface area contributed by atoms with E-state index in [0.717, 1.165) is 11.3 Å². The van der Waals surface area contributed by atoms with Crippen LogP contribution in [-0.2, 0) is 9.47 Å². The van der Waals surface area contributed by atoms with Crippen molar-refractivity contribution < 1.29 is 19.0 Å². The van der Waals surface area contributed by atoms with Crippen molar-refractivity contribution in [2.45, 2.75) is 19.1 Å². The minimum absolute atomic E-state index is 0.0810. The maximum Gasteiger partial charge on any atom is 0.251 e. The average molecular weight is 265 g/mol. The summed E-state index contributed by atoms with van der Waals surface area (Å²) >= 11 is 0. The van der Waals surface area contributed by atoms with Crippen molar-refractivity contribution in [3.63, 3.8) is 0 Å². The highest BCUT2D eigenvalue weighted by Gasteiger charge is 2.29. The number of amides is 1. The molecule has 19 heavy (non-hydrogen) atoms. The third kappa shape index (κ3) is 3.05. The van der Waals surface area contributed by atoms with E-state index in [1.165, 1.54) is 0 Å². The van der Waals surface area contributed by atoms with E-state index in [1.54, 1.807) is 26.4 Å². The monoisotopic (exact) mass is 265 g/mol. The van der Waals surface area contributed by atoms with Gasteiger partial charge >= 0.3 is 0 Å². The maximum absolute atomic E-state index is 12.2. The number of hydrogen-bond acceptors (Lipinski definition) is 4. The zero-order valence-corrected chi connectivity index (χ0v) is 11.4. The molecule has 2 rings (SSSR count). The first-order chi connectivity index (χ1) is 9.15. The van der Waals surface area contributed by atoms with Gasteiger partial charge in [0.25, 0.3) is 5.91 Å². The number of nitrogens with one attached hydrogen (secondary N) is 1. The SMILES string of the molecule is COc1ccc(C(=O)N[C@H]2COC[C@@H]2OC)c(C)c1. The fourth-order valence-electron chi connectivity index (χ4n) is 2.17. The molecular formula is C14H19NO4. The highest BCUT2D eigenvalue weighted by molar-refractivity contribution is 5.96. The topological polar surface area (TPSA) is 56.8 Å². The molecule has 1 aliphatic rings. The molecule has 0 radical (unpaired) electrons. The van der Waals surface area contributed by atoms with Gasteiger partial charge in [0.15, 0.2) is 0 Å². The van der Waals surface area contributed by atoms with Crippen molar-refractivity contribution in [1.29, 1.82) is 0 Å². The third-order valence-electron chi connectivity index (χ3n) is 3.33. The Morgan fingerprint density at radius 2 is 2.16 bits per heavy atom. The summed E-state index contributed by atoms with van der Waals surface area (Å²) in [7, 11) is 3.23. The molecule has 0 unspecified atom stereocenters. The van der Waals surface area contributed by atoms with E-state index in [-0.39, 0.29) is 18.1 Å². The first kappa shape index (κ1) is 13.8. The molecule has 1 amide bonds. The summed E-state index contributed by atoms with van der Waals surface area (Å²) in [6.07, 6.45) is -0.0810. The Labute approximate surface area is 112 Å². The lowest BCUT2D eigenvalue weighted by atomic mass is 10.1. The van der Waals surface area contributed by atoms with Gasteiger partial charge in [0.05, 0.1) is 26.4 Å². The number of ether oxygens (including phenoxy) is 3. The maximum atomic E-state index is 12.2. The number of carbonyl (C=O) groups excluding carboxylic acids is 1. The molecule has 1 heterocycles. The molecule has 1 aromatic carbocycles. The van der Waals surface area contributed by atoms with Gasteiger partial charge in [0.2, 0.25) is 0 Å². The second kappa shape index (κ2) is 6.04.